The Hall–Kier alpha value is -1.94. The highest BCUT2D eigenvalue weighted by Crippen LogP contribution is 2.45. The third-order valence-corrected chi connectivity index (χ3v) is 15.8. The number of phosphoric acid groups is 2. The number of ether oxygens (including phenoxy) is 4. The lowest BCUT2D eigenvalue weighted by Gasteiger charge is -2.21. The number of unbranched alkanes of at least 4 members (excludes halogenated alkanes) is 35. The van der Waals surface area contributed by atoms with E-state index >= 15 is 0 Å². The van der Waals surface area contributed by atoms with Crippen LogP contribution in [-0.4, -0.2) is 96.7 Å². The predicted octanol–water partition coefficient (Wildman–Crippen LogP) is 16.4. The SMILES string of the molecule is CCCCCCCCCCCCCCCCCC(=O)OC[C@H](COP(=O)(O)OC[C@H](O)COP(=O)(O)OC[C@@H](COC(=O)CCCC)OC(=O)CCCCCCCCCCCC)OC(=O)CCCCCCCCCCCCCC. The average molecular weight is 1170 g/mol. The van der Waals surface area contributed by atoms with Crippen LogP contribution in [0.4, 0.5) is 0 Å². The standard InChI is InChI=1S/C60H116O17P2/c1-5-9-13-16-19-22-25-27-28-29-31-33-35-38-41-45-58(63)71-51-56(77-60(65)47-43-40-37-34-30-26-23-20-17-14-10-6-2)53-75-79(68,69)73-49-54(61)48-72-78(66,67)74-52-55(50-70-57(62)44-12-8-4)76-59(64)46-42-39-36-32-24-21-18-15-11-7-3/h54-56,61H,5-53H2,1-4H3,(H,66,67)(H,68,69)/t54-,55-,56-/m1/s1. The molecule has 17 nitrogen and oxygen atoms in total. The molecule has 0 bridgehead atoms. The molecular formula is C60H116O17P2. The lowest BCUT2D eigenvalue weighted by atomic mass is 10.0. The van der Waals surface area contributed by atoms with E-state index < -0.39 is 97.5 Å². The lowest BCUT2D eigenvalue weighted by Crippen LogP contribution is -2.30. The Morgan fingerprint density at radius 2 is 0.519 bits per heavy atom. The fraction of sp³-hybridized carbons (Fsp3) is 0.933. The van der Waals surface area contributed by atoms with E-state index in [1.807, 2.05) is 6.92 Å². The molecule has 0 radical (unpaired) electrons. The highest BCUT2D eigenvalue weighted by Gasteiger charge is 2.30. The lowest BCUT2D eigenvalue weighted by molar-refractivity contribution is -0.161. The number of aliphatic hydroxyl groups excluding tert-OH is 1. The molecular weight excluding hydrogens is 1050 g/mol. The van der Waals surface area contributed by atoms with Gasteiger partial charge in [0.05, 0.1) is 26.4 Å². The van der Waals surface area contributed by atoms with Gasteiger partial charge in [-0.3, -0.25) is 37.3 Å². The van der Waals surface area contributed by atoms with Crippen molar-refractivity contribution in [2.24, 2.45) is 0 Å². The number of hydrogen-bond donors (Lipinski definition) is 3. The summed E-state index contributed by atoms with van der Waals surface area (Å²) in [6.07, 6.45) is 40.0. The molecule has 0 aromatic heterocycles. The summed E-state index contributed by atoms with van der Waals surface area (Å²) in [5.41, 5.74) is 0. The zero-order valence-electron chi connectivity index (χ0n) is 50.3. The van der Waals surface area contributed by atoms with Gasteiger partial charge in [-0.1, -0.05) is 252 Å². The van der Waals surface area contributed by atoms with Crippen molar-refractivity contribution in [2.45, 2.75) is 322 Å². The van der Waals surface area contributed by atoms with Crippen molar-refractivity contribution in [3.63, 3.8) is 0 Å². The largest absolute Gasteiger partial charge is 0.472 e. The van der Waals surface area contributed by atoms with Crippen molar-refractivity contribution in [3.05, 3.63) is 0 Å². The highest BCUT2D eigenvalue weighted by atomic mass is 31.2. The molecule has 0 rings (SSSR count). The van der Waals surface area contributed by atoms with Crippen LogP contribution in [0.3, 0.4) is 0 Å². The summed E-state index contributed by atoms with van der Waals surface area (Å²) in [5, 5.41) is 10.5. The number of aliphatic hydroxyl groups is 1. The van der Waals surface area contributed by atoms with Gasteiger partial charge in [-0.15, -0.1) is 0 Å². The maximum absolute atomic E-state index is 12.9. The van der Waals surface area contributed by atoms with Crippen molar-refractivity contribution in [3.8, 4) is 0 Å². The quantitative estimate of drug-likeness (QED) is 0.0222. The number of esters is 4. The first-order valence-corrected chi connectivity index (χ1v) is 34.8. The second-order valence-corrected chi connectivity index (χ2v) is 24.6. The number of rotatable bonds is 61. The van der Waals surface area contributed by atoms with Gasteiger partial charge >= 0.3 is 39.5 Å². The Bertz CT molecular complexity index is 1540. The molecule has 0 fully saturated rings. The molecule has 79 heavy (non-hydrogen) atoms. The van der Waals surface area contributed by atoms with Gasteiger partial charge in [0, 0.05) is 25.7 Å². The molecule has 468 valence electrons. The Kier molecular flexibility index (Phi) is 53.9. The van der Waals surface area contributed by atoms with Crippen LogP contribution >= 0.6 is 15.6 Å². The molecule has 3 N–H and O–H groups in total. The number of carbonyl (C=O) groups excluding carboxylic acids is 4. The molecule has 2 unspecified atom stereocenters. The van der Waals surface area contributed by atoms with Crippen LogP contribution in [0.15, 0.2) is 0 Å². The van der Waals surface area contributed by atoms with Gasteiger partial charge in [0.15, 0.2) is 12.2 Å². The van der Waals surface area contributed by atoms with Gasteiger partial charge in [-0.25, -0.2) is 9.13 Å². The number of carbonyl (C=O) groups is 4. The van der Waals surface area contributed by atoms with Crippen LogP contribution in [0.25, 0.3) is 0 Å². The summed E-state index contributed by atoms with van der Waals surface area (Å²) in [7, 11) is -9.86. The molecule has 19 heteroatoms. The summed E-state index contributed by atoms with van der Waals surface area (Å²) in [6, 6.07) is 0. The monoisotopic (exact) mass is 1170 g/mol. The van der Waals surface area contributed by atoms with Crippen molar-refractivity contribution in [1.29, 1.82) is 0 Å². The van der Waals surface area contributed by atoms with Gasteiger partial charge in [-0.05, 0) is 25.7 Å². The van der Waals surface area contributed by atoms with Gasteiger partial charge in [0.2, 0.25) is 0 Å². The first-order chi connectivity index (χ1) is 38.2. The van der Waals surface area contributed by atoms with E-state index in [-0.39, 0.29) is 25.7 Å². The summed E-state index contributed by atoms with van der Waals surface area (Å²) in [4.78, 5) is 71.4. The fourth-order valence-corrected chi connectivity index (χ4v) is 10.5. The predicted molar refractivity (Wildman–Crippen MR) is 312 cm³/mol. The third-order valence-electron chi connectivity index (χ3n) is 13.9. The fourth-order valence-electron chi connectivity index (χ4n) is 8.90. The number of hydrogen-bond acceptors (Lipinski definition) is 15. The minimum absolute atomic E-state index is 0.104. The van der Waals surface area contributed by atoms with Gasteiger partial charge in [0.1, 0.15) is 19.3 Å². The molecule has 0 aromatic carbocycles. The average Bonchev–Trinajstić information content (AvgIpc) is 3.42. The molecule has 0 spiro atoms. The highest BCUT2D eigenvalue weighted by molar-refractivity contribution is 7.47. The van der Waals surface area contributed by atoms with Crippen LogP contribution in [0.5, 0.6) is 0 Å². The van der Waals surface area contributed by atoms with E-state index in [1.54, 1.807) is 0 Å². The summed E-state index contributed by atoms with van der Waals surface area (Å²) >= 11 is 0. The van der Waals surface area contributed by atoms with Crippen molar-refractivity contribution < 1.29 is 80.2 Å². The van der Waals surface area contributed by atoms with Crippen LogP contribution < -0.4 is 0 Å². The summed E-state index contributed by atoms with van der Waals surface area (Å²) in [6.45, 7) is 4.60. The minimum atomic E-state index is -4.94. The normalized spacial score (nSPS) is 14.3. The first kappa shape index (κ1) is 77.1. The van der Waals surface area contributed by atoms with Crippen LogP contribution in [0.1, 0.15) is 304 Å². The van der Waals surface area contributed by atoms with Crippen LogP contribution in [0, 0.1) is 0 Å². The van der Waals surface area contributed by atoms with Gasteiger partial charge in [-0.2, -0.15) is 0 Å². The molecule has 0 amide bonds. The molecule has 0 aliphatic heterocycles. The number of phosphoric ester groups is 2. The summed E-state index contributed by atoms with van der Waals surface area (Å²) < 4.78 is 67.3. The van der Waals surface area contributed by atoms with Crippen molar-refractivity contribution in [1.82, 2.24) is 0 Å². The summed E-state index contributed by atoms with van der Waals surface area (Å²) in [5.74, 6) is -2.17. The van der Waals surface area contributed by atoms with Gasteiger partial charge < -0.3 is 33.8 Å². The minimum Gasteiger partial charge on any atom is -0.462 e. The van der Waals surface area contributed by atoms with E-state index in [1.165, 1.54) is 148 Å². The second-order valence-electron chi connectivity index (χ2n) is 21.7. The topological polar surface area (TPSA) is 237 Å². The third kappa shape index (κ3) is 55.0. The Labute approximate surface area is 479 Å². The maximum atomic E-state index is 12.9. The second kappa shape index (κ2) is 55.3. The molecule has 0 aromatic rings. The zero-order chi connectivity index (χ0) is 58.3. The van der Waals surface area contributed by atoms with E-state index in [0.717, 1.165) is 77.0 Å². The van der Waals surface area contributed by atoms with Crippen LogP contribution in [0.2, 0.25) is 0 Å². The molecule has 0 saturated carbocycles. The Morgan fingerprint density at radius 3 is 0.785 bits per heavy atom. The van der Waals surface area contributed by atoms with E-state index in [2.05, 4.69) is 20.8 Å². The van der Waals surface area contributed by atoms with E-state index in [9.17, 15) is 43.2 Å². The van der Waals surface area contributed by atoms with E-state index in [4.69, 9.17) is 37.0 Å². The molecule has 0 aliphatic carbocycles. The van der Waals surface area contributed by atoms with Crippen LogP contribution in [-0.2, 0) is 65.4 Å². The molecule has 5 atom stereocenters. The van der Waals surface area contributed by atoms with E-state index in [0.29, 0.717) is 25.7 Å². The van der Waals surface area contributed by atoms with Crippen molar-refractivity contribution >= 4 is 39.5 Å². The smallest absolute Gasteiger partial charge is 0.462 e. The Balaban J connectivity index is 5.07. The molecule has 0 aliphatic rings. The molecule has 0 saturated heterocycles. The van der Waals surface area contributed by atoms with Gasteiger partial charge in [0.25, 0.3) is 0 Å². The van der Waals surface area contributed by atoms with Crippen molar-refractivity contribution in [2.75, 3.05) is 39.6 Å². The zero-order valence-corrected chi connectivity index (χ0v) is 52.1. The maximum Gasteiger partial charge on any atom is 0.472 e. The first-order valence-electron chi connectivity index (χ1n) is 31.8. The Morgan fingerprint density at radius 1 is 0.304 bits per heavy atom. The molecule has 0 heterocycles.